The van der Waals surface area contributed by atoms with Crippen LogP contribution in [0.15, 0.2) is 48.2 Å². The van der Waals surface area contributed by atoms with Crippen molar-refractivity contribution in [2.75, 3.05) is 32.9 Å². The number of halogens is 2. The molecule has 0 aliphatic carbocycles. The zero-order valence-corrected chi connectivity index (χ0v) is 16.1. The Morgan fingerprint density at radius 1 is 1.28 bits per heavy atom. The lowest BCUT2D eigenvalue weighted by atomic mass is 10.0. The van der Waals surface area contributed by atoms with Crippen LogP contribution in [0.4, 0.5) is 10.1 Å². The van der Waals surface area contributed by atoms with Gasteiger partial charge in [0, 0.05) is 29.7 Å². The summed E-state index contributed by atoms with van der Waals surface area (Å²) < 4.78 is 30.0. The minimum Gasteiger partial charge on any atom is -0.489 e. The molecule has 2 aromatic rings. The van der Waals surface area contributed by atoms with Crippen LogP contribution in [-0.2, 0) is 4.74 Å². The Morgan fingerprint density at radius 2 is 2.00 bits per heavy atom. The van der Waals surface area contributed by atoms with E-state index in [9.17, 15) is 14.5 Å². The van der Waals surface area contributed by atoms with E-state index in [2.05, 4.69) is 4.90 Å². The Labute approximate surface area is 171 Å². The van der Waals surface area contributed by atoms with E-state index >= 15 is 0 Å². The monoisotopic (exact) mass is 420 g/mol. The van der Waals surface area contributed by atoms with Gasteiger partial charge >= 0.3 is 5.69 Å². The van der Waals surface area contributed by atoms with E-state index in [1.165, 1.54) is 30.3 Å². The van der Waals surface area contributed by atoms with Gasteiger partial charge in [-0.25, -0.2) is 4.39 Å². The Morgan fingerprint density at radius 3 is 2.69 bits per heavy atom. The van der Waals surface area contributed by atoms with Crippen LogP contribution in [-0.4, -0.2) is 42.7 Å². The van der Waals surface area contributed by atoms with Gasteiger partial charge in [0.15, 0.2) is 0 Å². The lowest BCUT2D eigenvalue weighted by Crippen LogP contribution is -2.39. The summed E-state index contributed by atoms with van der Waals surface area (Å²) >= 11 is 6.14. The smallest absolute Gasteiger partial charge is 0.313 e. The van der Waals surface area contributed by atoms with Crippen LogP contribution in [0.1, 0.15) is 11.6 Å². The van der Waals surface area contributed by atoms with Crippen molar-refractivity contribution in [3.8, 4) is 11.5 Å². The van der Waals surface area contributed by atoms with Gasteiger partial charge in [-0.3, -0.25) is 15.0 Å². The topological polar surface area (TPSA) is 74.1 Å². The molecule has 0 N–H and O–H groups in total. The highest BCUT2D eigenvalue weighted by Gasteiger charge is 2.39. The summed E-state index contributed by atoms with van der Waals surface area (Å²) in [7, 11) is 0. The second-order valence-corrected chi connectivity index (χ2v) is 7.06. The molecule has 0 spiro atoms. The van der Waals surface area contributed by atoms with Crippen molar-refractivity contribution >= 4 is 17.3 Å². The summed E-state index contributed by atoms with van der Waals surface area (Å²) in [6.45, 7) is 2.60. The first-order valence-corrected chi connectivity index (χ1v) is 9.46. The fourth-order valence-electron chi connectivity index (χ4n) is 3.49. The molecule has 1 atom stereocenters. The summed E-state index contributed by atoms with van der Waals surface area (Å²) in [5.41, 5.74) is 0.479. The predicted octanol–water partition coefficient (Wildman–Crippen LogP) is 4.12. The molecule has 0 aromatic heterocycles. The lowest BCUT2D eigenvalue weighted by molar-refractivity contribution is -0.385. The van der Waals surface area contributed by atoms with Crippen LogP contribution in [0.3, 0.4) is 0 Å². The third-order valence-electron chi connectivity index (χ3n) is 4.80. The van der Waals surface area contributed by atoms with E-state index in [4.69, 9.17) is 25.8 Å². The minimum absolute atomic E-state index is 0.164. The Balaban J connectivity index is 1.63. The number of ether oxygens (including phenoxy) is 3. The van der Waals surface area contributed by atoms with Crippen molar-refractivity contribution in [3.05, 3.63) is 74.8 Å². The Bertz CT molecular complexity index is 945. The molecule has 1 fully saturated rings. The first-order chi connectivity index (χ1) is 14.0. The number of morpholine rings is 1. The van der Waals surface area contributed by atoms with Crippen molar-refractivity contribution in [2.24, 2.45) is 0 Å². The number of hydrogen-bond acceptors (Lipinski definition) is 6. The SMILES string of the molecule is O=[N+]([O-])c1cc(Cl)cc2c1O/C(=C/COc1ccc(F)cc1)C2N1CCOCC1. The molecule has 0 bridgehead atoms. The highest BCUT2D eigenvalue weighted by atomic mass is 35.5. The quantitative estimate of drug-likeness (QED) is 0.535. The van der Waals surface area contributed by atoms with E-state index in [1.807, 2.05) is 0 Å². The van der Waals surface area contributed by atoms with E-state index in [1.54, 1.807) is 12.1 Å². The number of hydrogen-bond donors (Lipinski definition) is 0. The third-order valence-corrected chi connectivity index (χ3v) is 5.02. The Kier molecular flexibility index (Phi) is 5.66. The largest absolute Gasteiger partial charge is 0.489 e. The summed E-state index contributed by atoms with van der Waals surface area (Å²) in [5, 5.41) is 11.8. The van der Waals surface area contributed by atoms with Gasteiger partial charge in [-0.15, -0.1) is 0 Å². The standard InChI is InChI=1S/C20H18ClFN2O5/c21-13-11-16-19(23-6-9-27-10-7-23)18(29-20(16)17(12-13)24(25)26)5-8-28-15-3-1-14(22)2-4-15/h1-5,11-12,19H,6-10H2/b18-5+. The average molecular weight is 421 g/mol. The molecular weight excluding hydrogens is 403 g/mol. The molecule has 7 nitrogen and oxygen atoms in total. The molecule has 0 amide bonds. The van der Waals surface area contributed by atoms with Crippen LogP contribution in [0.25, 0.3) is 0 Å². The van der Waals surface area contributed by atoms with Crippen molar-refractivity contribution in [2.45, 2.75) is 6.04 Å². The van der Waals surface area contributed by atoms with Gasteiger partial charge in [0.2, 0.25) is 5.75 Å². The maximum Gasteiger partial charge on any atom is 0.313 e. The number of benzene rings is 2. The van der Waals surface area contributed by atoms with Crippen molar-refractivity contribution < 1.29 is 23.5 Å². The normalized spacial score (nSPS) is 20.3. The molecule has 2 aromatic carbocycles. The lowest BCUT2D eigenvalue weighted by Gasteiger charge is -2.32. The van der Waals surface area contributed by atoms with Crippen LogP contribution in [0.2, 0.25) is 5.02 Å². The zero-order valence-electron chi connectivity index (χ0n) is 15.3. The summed E-state index contributed by atoms with van der Waals surface area (Å²) in [5.74, 6) is 0.899. The second-order valence-electron chi connectivity index (χ2n) is 6.62. The van der Waals surface area contributed by atoms with Crippen molar-refractivity contribution in [1.82, 2.24) is 4.90 Å². The van der Waals surface area contributed by atoms with Crippen LogP contribution < -0.4 is 9.47 Å². The molecule has 4 rings (SSSR count). The van der Waals surface area contributed by atoms with E-state index in [-0.39, 0.29) is 34.9 Å². The molecule has 0 saturated carbocycles. The van der Waals surface area contributed by atoms with Crippen LogP contribution in [0, 0.1) is 15.9 Å². The highest BCUT2D eigenvalue weighted by Crippen LogP contribution is 2.49. The minimum atomic E-state index is -0.501. The molecule has 2 aliphatic rings. The van der Waals surface area contributed by atoms with Crippen LogP contribution in [0.5, 0.6) is 11.5 Å². The fraction of sp³-hybridized carbons (Fsp3) is 0.300. The van der Waals surface area contributed by atoms with Gasteiger partial charge in [0.1, 0.15) is 23.9 Å². The highest BCUT2D eigenvalue weighted by molar-refractivity contribution is 6.31. The first kappa shape index (κ1) is 19.6. The van der Waals surface area contributed by atoms with Gasteiger partial charge < -0.3 is 14.2 Å². The second kappa shape index (κ2) is 8.36. The number of nitrogens with zero attached hydrogens (tertiary/aromatic N) is 2. The molecule has 1 saturated heterocycles. The molecule has 29 heavy (non-hydrogen) atoms. The zero-order chi connectivity index (χ0) is 20.4. The number of nitro groups is 1. The summed E-state index contributed by atoms with van der Waals surface area (Å²) in [4.78, 5) is 13.1. The van der Waals surface area contributed by atoms with Crippen molar-refractivity contribution in [1.29, 1.82) is 0 Å². The molecule has 152 valence electrons. The van der Waals surface area contributed by atoms with Gasteiger partial charge in [-0.1, -0.05) is 11.6 Å². The molecule has 2 heterocycles. The Hall–Kier alpha value is -2.68. The molecule has 9 heteroatoms. The van der Waals surface area contributed by atoms with Crippen LogP contribution >= 0.6 is 11.6 Å². The number of fused-ring (bicyclic) bond motifs is 1. The summed E-state index contributed by atoms with van der Waals surface area (Å²) in [6, 6.07) is 8.35. The molecule has 1 unspecified atom stereocenters. The summed E-state index contributed by atoms with van der Waals surface area (Å²) in [6.07, 6.45) is 1.74. The number of rotatable bonds is 5. The molecular formula is C20H18ClFN2O5. The van der Waals surface area contributed by atoms with Gasteiger partial charge in [-0.05, 0) is 36.4 Å². The first-order valence-electron chi connectivity index (χ1n) is 9.09. The average Bonchev–Trinajstić information content (AvgIpc) is 3.07. The number of nitro benzene ring substituents is 1. The fourth-order valence-corrected chi connectivity index (χ4v) is 3.71. The van der Waals surface area contributed by atoms with Gasteiger partial charge in [0.05, 0.1) is 24.2 Å². The molecule has 2 aliphatic heterocycles. The van der Waals surface area contributed by atoms with E-state index in [0.717, 1.165) is 0 Å². The van der Waals surface area contributed by atoms with E-state index in [0.29, 0.717) is 43.4 Å². The maximum absolute atomic E-state index is 13.0. The van der Waals surface area contributed by atoms with Gasteiger partial charge in [-0.2, -0.15) is 0 Å². The third kappa shape index (κ3) is 4.19. The maximum atomic E-state index is 13.0. The van der Waals surface area contributed by atoms with E-state index < -0.39 is 4.92 Å². The van der Waals surface area contributed by atoms with Crippen molar-refractivity contribution in [3.63, 3.8) is 0 Å². The van der Waals surface area contributed by atoms with Gasteiger partial charge in [0.25, 0.3) is 0 Å². The predicted molar refractivity (Wildman–Crippen MR) is 104 cm³/mol. The molecule has 0 radical (unpaired) electrons.